The van der Waals surface area contributed by atoms with Gasteiger partial charge in [0.2, 0.25) is 0 Å². The van der Waals surface area contributed by atoms with E-state index in [0.29, 0.717) is 6.10 Å². The van der Waals surface area contributed by atoms with Crippen LogP contribution in [-0.2, 0) is 9.47 Å². The Labute approximate surface area is 84.5 Å². The summed E-state index contributed by atoms with van der Waals surface area (Å²) in [4.78, 5) is 0. The Morgan fingerprint density at radius 1 is 1.31 bits per heavy atom. The lowest BCUT2D eigenvalue weighted by atomic mass is 9.86. The van der Waals surface area contributed by atoms with E-state index in [1.165, 1.54) is 0 Å². The molecule has 2 heterocycles. The molecule has 0 aromatic rings. The molecular formula is C10H17ClO2. The summed E-state index contributed by atoms with van der Waals surface area (Å²) in [7, 11) is 0. The Kier molecular flexibility index (Phi) is 2.56. The smallest absolute Gasteiger partial charge is 0.0978 e. The molecule has 2 aliphatic heterocycles. The Morgan fingerprint density at radius 2 is 2.08 bits per heavy atom. The van der Waals surface area contributed by atoms with Crippen molar-refractivity contribution in [3.8, 4) is 0 Å². The Hall–Kier alpha value is 0.210. The van der Waals surface area contributed by atoms with Crippen LogP contribution in [0.3, 0.4) is 0 Å². The first kappa shape index (κ1) is 9.75. The Morgan fingerprint density at radius 3 is 2.62 bits per heavy atom. The number of alkyl halides is 1. The van der Waals surface area contributed by atoms with E-state index in [0.717, 1.165) is 25.9 Å². The van der Waals surface area contributed by atoms with Crippen LogP contribution in [0.1, 0.15) is 33.1 Å². The van der Waals surface area contributed by atoms with Gasteiger partial charge in [0.1, 0.15) is 0 Å². The maximum atomic E-state index is 6.16. The summed E-state index contributed by atoms with van der Waals surface area (Å²) in [6.45, 7) is 4.99. The third-order valence-electron chi connectivity index (χ3n) is 3.20. The minimum Gasteiger partial charge on any atom is -0.372 e. The van der Waals surface area contributed by atoms with Crippen LogP contribution in [0.25, 0.3) is 0 Å². The highest BCUT2D eigenvalue weighted by Gasteiger charge is 2.48. The van der Waals surface area contributed by atoms with Crippen LogP contribution in [-0.4, -0.2) is 29.8 Å². The van der Waals surface area contributed by atoms with Crippen LogP contribution in [0.2, 0.25) is 0 Å². The van der Waals surface area contributed by atoms with Gasteiger partial charge in [0.15, 0.2) is 0 Å². The predicted molar refractivity (Wildman–Crippen MR) is 52.2 cm³/mol. The zero-order valence-electron chi connectivity index (χ0n) is 8.25. The number of rotatable bonds is 0. The fraction of sp³-hybridized carbons (Fsp3) is 1.00. The second-order valence-corrected chi connectivity index (χ2v) is 4.91. The maximum absolute atomic E-state index is 6.16. The summed E-state index contributed by atoms with van der Waals surface area (Å²) in [5, 5.41) is 0.269. The van der Waals surface area contributed by atoms with E-state index in [1.54, 1.807) is 0 Å². The molecule has 13 heavy (non-hydrogen) atoms. The molecule has 2 saturated heterocycles. The molecule has 76 valence electrons. The fourth-order valence-electron chi connectivity index (χ4n) is 2.52. The molecule has 2 aliphatic rings. The highest BCUT2D eigenvalue weighted by atomic mass is 35.5. The lowest BCUT2D eigenvalue weighted by Crippen LogP contribution is -2.45. The van der Waals surface area contributed by atoms with Crippen molar-refractivity contribution in [3.63, 3.8) is 0 Å². The highest BCUT2D eigenvalue weighted by molar-refractivity contribution is 6.20. The van der Waals surface area contributed by atoms with Crippen LogP contribution in [0.15, 0.2) is 0 Å². The standard InChI is InChI=1S/C10H17ClO2/c1-7-5-10(8(2)13-7)6-9(11)3-4-12-10/h7-9H,3-6H2,1-2H3. The average molecular weight is 205 g/mol. The van der Waals surface area contributed by atoms with Crippen LogP contribution in [0.4, 0.5) is 0 Å². The van der Waals surface area contributed by atoms with Gasteiger partial charge in [-0.05, 0) is 26.7 Å². The van der Waals surface area contributed by atoms with Gasteiger partial charge in [0.05, 0.1) is 17.8 Å². The summed E-state index contributed by atoms with van der Waals surface area (Å²) < 4.78 is 11.6. The van der Waals surface area contributed by atoms with E-state index in [9.17, 15) is 0 Å². The molecule has 2 nitrogen and oxygen atoms in total. The van der Waals surface area contributed by atoms with Crippen LogP contribution >= 0.6 is 11.6 Å². The molecule has 0 radical (unpaired) electrons. The van der Waals surface area contributed by atoms with Gasteiger partial charge >= 0.3 is 0 Å². The van der Waals surface area contributed by atoms with Crippen LogP contribution in [0, 0.1) is 0 Å². The third-order valence-corrected chi connectivity index (χ3v) is 3.57. The highest BCUT2D eigenvalue weighted by Crippen LogP contribution is 2.41. The first-order valence-electron chi connectivity index (χ1n) is 5.06. The molecule has 4 atom stereocenters. The van der Waals surface area contributed by atoms with Crippen LogP contribution < -0.4 is 0 Å². The molecule has 0 amide bonds. The molecule has 4 unspecified atom stereocenters. The minimum atomic E-state index is -0.0793. The van der Waals surface area contributed by atoms with E-state index in [-0.39, 0.29) is 17.1 Å². The molecule has 3 heteroatoms. The lowest BCUT2D eigenvalue weighted by molar-refractivity contribution is -0.111. The zero-order valence-corrected chi connectivity index (χ0v) is 9.01. The number of ether oxygens (including phenoxy) is 2. The second-order valence-electron chi connectivity index (χ2n) is 4.30. The minimum absolute atomic E-state index is 0.0793. The second kappa shape index (κ2) is 3.41. The summed E-state index contributed by atoms with van der Waals surface area (Å²) in [5.74, 6) is 0. The number of hydrogen-bond donors (Lipinski definition) is 0. The monoisotopic (exact) mass is 204 g/mol. The van der Waals surface area contributed by atoms with Crippen molar-refractivity contribution < 1.29 is 9.47 Å². The van der Waals surface area contributed by atoms with Gasteiger partial charge in [-0.25, -0.2) is 0 Å². The molecule has 0 saturated carbocycles. The summed E-state index contributed by atoms with van der Waals surface area (Å²) in [6.07, 6.45) is 3.43. The van der Waals surface area contributed by atoms with Gasteiger partial charge in [0.25, 0.3) is 0 Å². The molecule has 2 rings (SSSR count). The largest absolute Gasteiger partial charge is 0.372 e. The van der Waals surface area contributed by atoms with Crippen LogP contribution in [0.5, 0.6) is 0 Å². The first-order chi connectivity index (χ1) is 6.12. The average Bonchev–Trinajstić information content (AvgIpc) is 2.26. The predicted octanol–water partition coefficient (Wildman–Crippen LogP) is 2.34. The van der Waals surface area contributed by atoms with E-state index in [4.69, 9.17) is 21.1 Å². The van der Waals surface area contributed by atoms with E-state index < -0.39 is 0 Å². The molecule has 0 N–H and O–H groups in total. The Balaban J connectivity index is 2.10. The van der Waals surface area contributed by atoms with Crippen molar-refractivity contribution in [2.45, 2.75) is 56.3 Å². The van der Waals surface area contributed by atoms with Crippen molar-refractivity contribution in [2.24, 2.45) is 0 Å². The van der Waals surface area contributed by atoms with Crippen molar-refractivity contribution >= 4 is 11.6 Å². The normalized spacial score (nSPS) is 51.5. The van der Waals surface area contributed by atoms with E-state index in [1.807, 2.05) is 0 Å². The molecule has 1 spiro atoms. The van der Waals surface area contributed by atoms with E-state index in [2.05, 4.69) is 13.8 Å². The van der Waals surface area contributed by atoms with Gasteiger partial charge in [0, 0.05) is 18.4 Å². The zero-order chi connectivity index (χ0) is 9.47. The van der Waals surface area contributed by atoms with E-state index >= 15 is 0 Å². The third kappa shape index (κ3) is 1.72. The van der Waals surface area contributed by atoms with Crippen molar-refractivity contribution in [1.82, 2.24) is 0 Å². The molecule has 0 aromatic heterocycles. The van der Waals surface area contributed by atoms with Gasteiger partial charge in [-0.3, -0.25) is 0 Å². The van der Waals surface area contributed by atoms with Gasteiger partial charge in [-0.15, -0.1) is 11.6 Å². The molecule has 0 aliphatic carbocycles. The van der Waals surface area contributed by atoms with Gasteiger partial charge in [-0.2, -0.15) is 0 Å². The molecule has 0 aromatic carbocycles. The quantitative estimate of drug-likeness (QED) is 0.564. The molecular weight excluding hydrogens is 188 g/mol. The van der Waals surface area contributed by atoms with Gasteiger partial charge < -0.3 is 9.47 Å². The van der Waals surface area contributed by atoms with Gasteiger partial charge in [-0.1, -0.05) is 0 Å². The summed E-state index contributed by atoms with van der Waals surface area (Å²) in [5.41, 5.74) is -0.0793. The molecule has 0 bridgehead atoms. The van der Waals surface area contributed by atoms with Crippen molar-refractivity contribution in [1.29, 1.82) is 0 Å². The SMILES string of the molecule is CC1CC2(CC(Cl)CCO2)C(C)O1. The number of halogens is 1. The fourth-order valence-corrected chi connectivity index (χ4v) is 2.87. The van der Waals surface area contributed by atoms with Crippen molar-refractivity contribution in [2.75, 3.05) is 6.61 Å². The number of hydrogen-bond acceptors (Lipinski definition) is 2. The Bertz CT molecular complexity index is 197. The summed E-state index contributed by atoms with van der Waals surface area (Å²) >= 11 is 6.16. The first-order valence-corrected chi connectivity index (χ1v) is 5.49. The maximum Gasteiger partial charge on any atom is 0.0978 e. The van der Waals surface area contributed by atoms with Crippen molar-refractivity contribution in [3.05, 3.63) is 0 Å². The molecule has 2 fully saturated rings. The lowest BCUT2D eigenvalue weighted by Gasteiger charge is -2.38. The summed E-state index contributed by atoms with van der Waals surface area (Å²) in [6, 6.07) is 0. The topological polar surface area (TPSA) is 18.5 Å².